The summed E-state index contributed by atoms with van der Waals surface area (Å²) in [6.07, 6.45) is 0. The zero-order valence-corrected chi connectivity index (χ0v) is 8.99. The van der Waals surface area contributed by atoms with Crippen LogP contribution in [0.2, 0.25) is 0 Å². The largest absolute Gasteiger partial charge is 0.360 e. The highest BCUT2D eigenvalue weighted by Gasteiger charge is 2.34. The van der Waals surface area contributed by atoms with E-state index in [1.165, 1.54) is 0 Å². The number of nitrogens with zero attached hydrogens (tertiary/aromatic N) is 1. The summed E-state index contributed by atoms with van der Waals surface area (Å²) in [4.78, 5) is 4.26. The standard InChI is InChI=1S/C7H12N2O2S2/c1-5-2-8-7(12-5)9-6-3-13(10,11)4-6/h5-6H,2-4H2,1H3,(H,8,9). The van der Waals surface area contributed by atoms with Gasteiger partial charge in [-0.05, 0) is 0 Å². The molecular weight excluding hydrogens is 208 g/mol. The summed E-state index contributed by atoms with van der Waals surface area (Å²) in [7, 11) is -2.71. The predicted molar refractivity (Wildman–Crippen MR) is 54.9 cm³/mol. The topological polar surface area (TPSA) is 58.5 Å². The summed E-state index contributed by atoms with van der Waals surface area (Å²) in [5.41, 5.74) is 0. The van der Waals surface area contributed by atoms with Gasteiger partial charge < -0.3 is 5.32 Å². The van der Waals surface area contributed by atoms with E-state index in [1.807, 2.05) is 0 Å². The van der Waals surface area contributed by atoms with Crippen molar-refractivity contribution in [3.63, 3.8) is 0 Å². The van der Waals surface area contributed by atoms with Crippen molar-refractivity contribution in [2.45, 2.75) is 18.2 Å². The van der Waals surface area contributed by atoms with Gasteiger partial charge >= 0.3 is 0 Å². The molecule has 2 heterocycles. The number of amidine groups is 1. The van der Waals surface area contributed by atoms with E-state index in [9.17, 15) is 8.42 Å². The Bertz CT molecular complexity index is 324. The van der Waals surface area contributed by atoms with Crippen molar-refractivity contribution in [2.24, 2.45) is 4.99 Å². The Morgan fingerprint density at radius 1 is 1.54 bits per heavy atom. The number of aliphatic imine (C=N–C) groups is 1. The second-order valence-electron chi connectivity index (χ2n) is 3.49. The molecular formula is C7H12N2O2S2. The summed E-state index contributed by atoms with van der Waals surface area (Å²) in [6.45, 7) is 2.95. The van der Waals surface area contributed by atoms with Gasteiger partial charge in [0.25, 0.3) is 0 Å². The van der Waals surface area contributed by atoms with Crippen LogP contribution >= 0.6 is 11.8 Å². The van der Waals surface area contributed by atoms with Crippen molar-refractivity contribution in [1.29, 1.82) is 0 Å². The lowest BCUT2D eigenvalue weighted by Gasteiger charge is -2.27. The fraction of sp³-hybridized carbons (Fsp3) is 0.857. The van der Waals surface area contributed by atoms with Crippen molar-refractivity contribution >= 4 is 26.8 Å². The van der Waals surface area contributed by atoms with Crippen molar-refractivity contribution in [3.8, 4) is 0 Å². The van der Waals surface area contributed by atoms with E-state index in [-0.39, 0.29) is 17.5 Å². The van der Waals surface area contributed by atoms with Gasteiger partial charge in [0, 0.05) is 5.25 Å². The fourth-order valence-corrected chi connectivity index (χ4v) is 3.59. The quantitative estimate of drug-likeness (QED) is 0.668. The second kappa shape index (κ2) is 3.16. The van der Waals surface area contributed by atoms with Gasteiger partial charge in [0.15, 0.2) is 15.0 Å². The highest BCUT2D eigenvalue weighted by molar-refractivity contribution is 8.14. The van der Waals surface area contributed by atoms with Crippen molar-refractivity contribution in [3.05, 3.63) is 0 Å². The van der Waals surface area contributed by atoms with Gasteiger partial charge in [-0.15, -0.1) is 0 Å². The van der Waals surface area contributed by atoms with Gasteiger partial charge in [-0.1, -0.05) is 18.7 Å². The number of hydrogen-bond donors (Lipinski definition) is 1. The van der Waals surface area contributed by atoms with E-state index in [2.05, 4.69) is 17.2 Å². The fourth-order valence-electron chi connectivity index (χ4n) is 1.38. The third kappa shape index (κ3) is 2.17. The van der Waals surface area contributed by atoms with Crippen LogP contribution in [0.25, 0.3) is 0 Å². The molecule has 1 N–H and O–H groups in total. The second-order valence-corrected chi connectivity index (χ2v) is 7.07. The van der Waals surface area contributed by atoms with Crippen molar-refractivity contribution in [2.75, 3.05) is 18.1 Å². The number of sulfone groups is 1. The Hall–Kier alpha value is -0.230. The molecule has 2 rings (SSSR count). The Balaban J connectivity index is 1.82. The minimum atomic E-state index is -2.71. The molecule has 0 radical (unpaired) electrons. The van der Waals surface area contributed by atoms with Crippen LogP contribution in [0, 0.1) is 0 Å². The van der Waals surface area contributed by atoms with E-state index in [1.54, 1.807) is 11.8 Å². The van der Waals surface area contributed by atoms with E-state index in [0.29, 0.717) is 5.25 Å². The van der Waals surface area contributed by atoms with Crippen LogP contribution in [0.5, 0.6) is 0 Å². The maximum atomic E-state index is 10.8. The lowest BCUT2D eigenvalue weighted by Crippen LogP contribution is -2.52. The zero-order chi connectivity index (χ0) is 9.47. The molecule has 0 saturated carbocycles. The minimum absolute atomic E-state index is 0.0987. The van der Waals surface area contributed by atoms with Crippen LogP contribution in [0.4, 0.5) is 0 Å². The number of thioether (sulfide) groups is 1. The van der Waals surface area contributed by atoms with E-state index >= 15 is 0 Å². The average Bonchev–Trinajstić information content (AvgIpc) is 2.31. The molecule has 1 saturated heterocycles. The molecule has 0 bridgehead atoms. The third-order valence-electron chi connectivity index (χ3n) is 2.04. The molecule has 1 fully saturated rings. The summed E-state index contributed by atoms with van der Waals surface area (Å²) in [5, 5.41) is 4.57. The molecule has 0 aromatic heterocycles. The molecule has 74 valence electrons. The van der Waals surface area contributed by atoms with Gasteiger partial charge in [0.2, 0.25) is 0 Å². The lowest BCUT2D eigenvalue weighted by atomic mass is 10.4. The molecule has 2 aliphatic rings. The van der Waals surface area contributed by atoms with Gasteiger partial charge in [-0.25, -0.2) is 8.42 Å². The Labute approximate surface area is 82.1 Å². The summed E-state index contributed by atoms with van der Waals surface area (Å²) >= 11 is 1.69. The maximum absolute atomic E-state index is 10.8. The van der Waals surface area contributed by atoms with Crippen LogP contribution in [-0.2, 0) is 9.84 Å². The molecule has 1 atom stereocenters. The molecule has 4 nitrogen and oxygen atoms in total. The average molecular weight is 220 g/mol. The number of nitrogens with one attached hydrogen (secondary N) is 1. The Kier molecular flexibility index (Phi) is 2.27. The minimum Gasteiger partial charge on any atom is -0.360 e. The molecule has 0 amide bonds. The van der Waals surface area contributed by atoms with E-state index < -0.39 is 9.84 Å². The first-order valence-electron chi connectivity index (χ1n) is 4.23. The smallest absolute Gasteiger partial charge is 0.157 e. The predicted octanol–water partition coefficient (Wildman–Crippen LogP) is -0.136. The van der Waals surface area contributed by atoms with Crippen LogP contribution in [-0.4, -0.2) is 42.9 Å². The van der Waals surface area contributed by atoms with Crippen LogP contribution in [0.1, 0.15) is 6.92 Å². The van der Waals surface area contributed by atoms with Crippen LogP contribution in [0.15, 0.2) is 4.99 Å². The lowest BCUT2D eigenvalue weighted by molar-refractivity contribution is 0.552. The van der Waals surface area contributed by atoms with E-state index in [4.69, 9.17) is 0 Å². The van der Waals surface area contributed by atoms with E-state index in [0.717, 1.165) is 11.7 Å². The molecule has 1 unspecified atom stereocenters. The van der Waals surface area contributed by atoms with Gasteiger partial charge in [-0.2, -0.15) is 0 Å². The summed E-state index contributed by atoms with van der Waals surface area (Å²) in [5.74, 6) is 0.530. The molecule has 0 aromatic carbocycles. The third-order valence-corrected chi connectivity index (χ3v) is 4.88. The normalized spacial score (nSPS) is 32.4. The summed E-state index contributed by atoms with van der Waals surface area (Å²) < 4.78 is 21.7. The van der Waals surface area contributed by atoms with Crippen molar-refractivity contribution in [1.82, 2.24) is 5.32 Å². The van der Waals surface area contributed by atoms with Gasteiger partial charge in [0.1, 0.15) is 0 Å². The molecule has 6 heteroatoms. The number of hydrogen-bond acceptors (Lipinski definition) is 5. The molecule has 2 aliphatic heterocycles. The summed E-state index contributed by atoms with van der Waals surface area (Å²) in [6, 6.07) is 0.0987. The number of rotatable bonds is 1. The first kappa shape index (κ1) is 9.33. The molecule has 0 aromatic rings. The highest BCUT2D eigenvalue weighted by Crippen LogP contribution is 2.20. The first-order chi connectivity index (χ1) is 6.05. The monoisotopic (exact) mass is 220 g/mol. The maximum Gasteiger partial charge on any atom is 0.157 e. The van der Waals surface area contributed by atoms with Gasteiger partial charge in [-0.3, -0.25) is 4.99 Å². The molecule has 0 spiro atoms. The SMILES string of the molecule is CC1CN=C(NC2CS(=O)(=O)C2)S1. The Morgan fingerprint density at radius 3 is 2.69 bits per heavy atom. The Morgan fingerprint density at radius 2 is 2.23 bits per heavy atom. The van der Waals surface area contributed by atoms with Crippen molar-refractivity contribution < 1.29 is 8.42 Å². The zero-order valence-electron chi connectivity index (χ0n) is 7.36. The van der Waals surface area contributed by atoms with Crippen LogP contribution < -0.4 is 5.32 Å². The molecule has 13 heavy (non-hydrogen) atoms. The van der Waals surface area contributed by atoms with Crippen LogP contribution in [0.3, 0.4) is 0 Å². The highest BCUT2D eigenvalue weighted by atomic mass is 32.2. The first-order valence-corrected chi connectivity index (χ1v) is 6.93. The van der Waals surface area contributed by atoms with Gasteiger partial charge in [0.05, 0.1) is 24.1 Å². The molecule has 0 aliphatic carbocycles.